The number of esters is 1. The molecule has 140 valence electrons. The van der Waals surface area contributed by atoms with Crippen molar-refractivity contribution in [1.29, 1.82) is 0 Å². The third-order valence-corrected chi connectivity index (χ3v) is 5.00. The molecule has 1 saturated heterocycles. The van der Waals surface area contributed by atoms with Crippen LogP contribution in [0.2, 0.25) is 0 Å². The molecule has 6 nitrogen and oxygen atoms in total. The molecule has 1 saturated carbocycles. The lowest BCUT2D eigenvalue weighted by Gasteiger charge is -2.34. The van der Waals surface area contributed by atoms with Gasteiger partial charge in [0.2, 0.25) is 0 Å². The summed E-state index contributed by atoms with van der Waals surface area (Å²) in [4.78, 5) is 20.9. The number of likely N-dealkylation sites (N-methyl/N-ethyl adjacent to an activating group) is 1. The van der Waals surface area contributed by atoms with Gasteiger partial charge in [0, 0.05) is 38.8 Å². The number of ether oxygens (including phenoxy) is 1. The molecule has 1 N–H and O–H groups in total. The standard InChI is InChI=1S/C17H32N4O2.HI/c1-5-23-16(22)14-8-10-21(11-9-14)17(18-3)19-12-13(2)20(4)15-6-7-15;/h13-15H,5-12H2,1-4H3,(H,18,19);1H. The summed E-state index contributed by atoms with van der Waals surface area (Å²) >= 11 is 0. The smallest absolute Gasteiger partial charge is 0.309 e. The lowest BCUT2D eigenvalue weighted by Crippen LogP contribution is -2.50. The van der Waals surface area contributed by atoms with Crippen LogP contribution in [0.4, 0.5) is 0 Å². The Hall–Kier alpha value is -0.570. The first-order valence-corrected chi connectivity index (χ1v) is 8.91. The Morgan fingerprint density at radius 1 is 1.33 bits per heavy atom. The summed E-state index contributed by atoms with van der Waals surface area (Å²) in [7, 11) is 4.03. The lowest BCUT2D eigenvalue weighted by molar-refractivity contribution is -0.149. The van der Waals surface area contributed by atoms with E-state index in [1.165, 1.54) is 12.8 Å². The molecule has 0 radical (unpaired) electrons. The molecule has 2 aliphatic rings. The van der Waals surface area contributed by atoms with Gasteiger partial charge in [0.05, 0.1) is 12.5 Å². The van der Waals surface area contributed by atoms with Crippen LogP contribution in [-0.4, -0.2) is 74.1 Å². The second-order valence-electron chi connectivity index (χ2n) is 6.69. The summed E-state index contributed by atoms with van der Waals surface area (Å²) in [5.74, 6) is 0.947. The van der Waals surface area contributed by atoms with Gasteiger partial charge >= 0.3 is 5.97 Å². The van der Waals surface area contributed by atoms with E-state index in [2.05, 4.69) is 34.1 Å². The van der Waals surface area contributed by atoms with E-state index in [4.69, 9.17) is 4.74 Å². The molecule has 1 unspecified atom stereocenters. The Balaban J connectivity index is 0.00000288. The van der Waals surface area contributed by atoms with Crippen molar-refractivity contribution >= 4 is 35.9 Å². The molecule has 0 bridgehead atoms. The van der Waals surface area contributed by atoms with Crippen molar-refractivity contribution in [1.82, 2.24) is 15.1 Å². The predicted octanol–water partition coefficient (Wildman–Crippen LogP) is 1.94. The fraction of sp³-hybridized carbons (Fsp3) is 0.882. The maximum atomic E-state index is 11.8. The minimum atomic E-state index is -0.0465. The molecule has 24 heavy (non-hydrogen) atoms. The van der Waals surface area contributed by atoms with E-state index in [0.29, 0.717) is 12.6 Å². The van der Waals surface area contributed by atoms with E-state index in [1.54, 1.807) is 0 Å². The third kappa shape index (κ3) is 6.06. The van der Waals surface area contributed by atoms with Gasteiger partial charge in [-0.1, -0.05) is 0 Å². The fourth-order valence-corrected chi connectivity index (χ4v) is 3.14. The first kappa shape index (κ1) is 21.5. The summed E-state index contributed by atoms with van der Waals surface area (Å²) in [5.41, 5.74) is 0. The molecular formula is C17H33IN4O2. The first-order chi connectivity index (χ1) is 11.1. The van der Waals surface area contributed by atoms with Gasteiger partial charge in [-0.25, -0.2) is 0 Å². The van der Waals surface area contributed by atoms with Crippen LogP contribution < -0.4 is 5.32 Å². The Kier molecular flexibility index (Phi) is 9.33. The molecule has 2 rings (SSSR count). The number of hydrogen-bond donors (Lipinski definition) is 1. The minimum absolute atomic E-state index is 0. The minimum Gasteiger partial charge on any atom is -0.466 e. The van der Waals surface area contributed by atoms with E-state index >= 15 is 0 Å². The average molecular weight is 452 g/mol. The summed E-state index contributed by atoms with van der Waals surface area (Å²) in [6.07, 6.45) is 4.35. The van der Waals surface area contributed by atoms with E-state index in [1.807, 2.05) is 14.0 Å². The quantitative estimate of drug-likeness (QED) is 0.289. The maximum absolute atomic E-state index is 11.8. The highest BCUT2D eigenvalue weighted by Gasteiger charge is 2.30. The molecule has 0 aromatic heterocycles. The third-order valence-electron chi connectivity index (χ3n) is 5.00. The topological polar surface area (TPSA) is 57.2 Å². The lowest BCUT2D eigenvalue weighted by atomic mass is 9.97. The van der Waals surface area contributed by atoms with Crippen LogP contribution in [0.25, 0.3) is 0 Å². The van der Waals surface area contributed by atoms with Gasteiger partial charge in [-0.05, 0) is 46.6 Å². The largest absolute Gasteiger partial charge is 0.466 e. The van der Waals surface area contributed by atoms with E-state index in [-0.39, 0.29) is 35.9 Å². The van der Waals surface area contributed by atoms with Crippen molar-refractivity contribution in [3.8, 4) is 0 Å². The van der Waals surface area contributed by atoms with E-state index in [0.717, 1.165) is 44.5 Å². The Morgan fingerprint density at radius 2 is 1.96 bits per heavy atom. The first-order valence-electron chi connectivity index (χ1n) is 8.91. The number of likely N-dealkylation sites (tertiary alicyclic amines) is 1. The number of hydrogen-bond acceptors (Lipinski definition) is 4. The Bertz CT molecular complexity index is 421. The molecule has 0 aromatic carbocycles. The monoisotopic (exact) mass is 452 g/mol. The molecule has 0 spiro atoms. The van der Waals surface area contributed by atoms with E-state index in [9.17, 15) is 4.79 Å². The van der Waals surface area contributed by atoms with Crippen LogP contribution in [0.1, 0.15) is 39.5 Å². The number of nitrogens with one attached hydrogen (secondary N) is 1. The molecule has 1 aliphatic heterocycles. The number of guanidine groups is 1. The van der Waals surface area contributed by atoms with Crippen molar-refractivity contribution in [2.24, 2.45) is 10.9 Å². The van der Waals surface area contributed by atoms with Crippen LogP contribution in [0, 0.1) is 5.92 Å². The van der Waals surface area contributed by atoms with Gasteiger partial charge in [-0.2, -0.15) is 0 Å². The zero-order chi connectivity index (χ0) is 16.8. The highest BCUT2D eigenvalue weighted by atomic mass is 127. The number of carbonyl (C=O) groups is 1. The second kappa shape index (κ2) is 10.4. The van der Waals surface area contributed by atoms with Crippen molar-refractivity contribution in [3.05, 3.63) is 0 Å². The number of carbonyl (C=O) groups excluding carboxylic acids is 1. The van der Waals surface area contributed by atoms with Gasteiger partial charge in [-0.15, -0.1) is 24.0 Å². The normalized spacial score (nSPS) is 20.5. The number of nitrogens with zero attached hydrogens (tertiary/aromatic N) is 3. The molecule has 7 heteroatoms. The van der Waals surface area contributed by atoms with Crippen molar-refractivity contribution in [2.75, 3.05) is 40.3 Å². The van der Waals surface area contributed by atoms with E-state index < -0.39 is 0 Å². The average Bonchev–Trinajstić information content (AvgIpc) is 3.40. The molecule has 2 fully saturated rings. The highest BCUT2D eigenvalue weighted by Crippen LogP contribution is 2.26. The molecule has 1 aliphatic carbocycles. The Morgan fingerprint density at radius 3 is 2.46 bits per heavy atom. The van der Waals surface area contributed by atoms with Crippen LogP contribution in [0.5, 0.6) is 0 Å². The van der Waals surface area contributed by atoms with Gasteiger partial charge in [0.25, 0.3) is 0 Å². The van der Waals surface area contributed by atoms with Gasteiger partial charge in [-0.3, -0.25) is 14.7 Å². The molecular weight excluding hydrogens is 419 g/mol. The highest BCUT2D eigenvalue weighted by molar-refractivity contribution is 14.0. The number of halogens is 1. The molecule has 0 aromatic rings. The predicted molar refractivity (Wildman–Crippen MR) is 108 cm³/mol. The SMILES string of the molecule is CCOC(=O)C1CCN(C(=NC)NCC(C)N(C)C2CC2)CC1.I. The molecule has 1 atom stereocenters. The number of piperidine rings is 1. The second-order valence-corrected chi connectivity index (χ2v) is 6.69. The van der Waals surface area contributed by atoms with Crippen molar-refractivity contribution < 1.29 is 9.53 Å². The maximum Gasteiger partial charge on any atom is 0.309 e. The summed E-state index contributed by atoms with van der Waals surface area (Å²) in [5, 5.41) is 3.49. The van der Waals surface area contributed by atoms with Gasteiger partial charge in [0.1, 0.15) is 0 Å². The van der Waals surface area contributed by atoms with Crippen molar-refractivity contribution in [2.45, 2.75) is 51.6 Å². The van der Waals surface area contributed by atoms with Crippen LogP contribution in [0.3, 0.4) is 0 Å². The van der Waals surface area contributed by atoms with Crippen LogP contribution in [-0.2, 0) is 9.53 Å². The van der Waals surface area contributed by atoms with Crippen molar-refractivity contribution in [3.63, 3.8) is 0 Å². The van der Waals surface area contributed by atoms with Crippen LogP contribution >= 0.6 is 24.0 Å². The van der Waals surface area contributed by atoms with Gasteiger partial charge in [0.15, 0.2) is 5.96 Å². The number of rotatable bonds is 6. The fourth-order valence-electron chi connectivity index (χ4n) is 3.14. The molecule has 0 amide bonds. The summed E-state index contributed by atoms with van der Waals surface area (Å²) in [6, 6.07) is 1.27. The number of aliphatic imine (C=N–C) groups is 1. The molecule has 1 heterocycles. The Labute approximate surface area is 163 Å². The summed E-state index contributed by atoms with van der Waals surface area (Å²) < 4.78 is 5.13. The zero-order valence-electron chi connectivity index (χ0n) is 15.5. The van der Waals surface area contributed by atoms with Crippen LogP contribution in [0.15, 0.2) is 4.99 Å². The van der Waals surface area contributed by atoms with Gasteiger partial charge < -0.3 is 15.0 Å². The zero-order valence-corrected chi connectivity index (χ0v) is 17.8. The summed E-state index contributed by atoms with van der Waals surface area (Å²) in [6.45, 7) is 7.20.